The normalized spacial score (nSPS) is 14.4. The number of benzene rings is 1. The van der Waals surface area contributed by atoms with Gasteiger partial charge in [-0.3, -0.25) is 4.90 Å². The number of rotatable bonds is 5. The van der Waals surface area contributed by atoms with Crippen LogP contribution in [0.4, 0.5) is 0 Å². The summed E-state index contributed by atoms with van der Waals surface area (Å²) in [4.78, 5) is 14.7. The van der Waals surface area contributed by atoms with Crippen LogP contribution in [0.1, 0.15) is 34.1 Å². The Hall–Kier alpha value is -1.85. The van der Waals surface area contributed by atoms with Crippen LogP contribution in [-0.2, 0) is 29.6 Å². The third kappa shape index (κ3) is 2.75. The van der Waals surface area contributed by atoms with E-state index in [-0.39, 0.29) is 5.97 Å². The molecule has 2 heterocycles. The lowest BCUT2D eigenvalue weighted by Gasteiger charge is -2.13. The SMILES string of the molecule is CCOC(=O)c1c(C)n(C)c2cc3c(cc12)CN(CCOC)C3. The fraction of sp³-hybridized carbons (Fsp3) is 0.500. The highest BCUT2D eigenvalue weighted by molar-refractivity contribution is 6.06. The summed E-state index contributed by atoms with van der Waals surface area (Å²) in [6.07, 6.45) is 0. The van der Waals surface area contributed by atoms with Gasteiger partial charge in [-0.15, -0.1) is 0 Å². The molecule has 1 aromatic carbocycles. The van der Waals surface area contributed by atoms with E-state index >= 15 is 0 Å². The van der Waals surface area contributed by atoms with Crippen molar-refractivity contribution in [3.05, 3.63) is 34.5 Å². The van der Waals surface area contributed by atoms with E-state index in [2.05, 4.69) is 21.6 Å². The van der Waals surface area contributed by atoms with Crippen molar-refractivity contribution in [2.45, 2.75) is 26.9 Å². The molecule has 2 aromatic rings. The Morgan fingerprint density at radius 3 is 2.61 bits per heavy atom. The lowest BCUT2D eigenvalue weighted by molar-refractivity contribution is 0.0527. The largest absolute Gasteiger partial charge is 0.462 e. The molecule has 0 radical (unpaired) electrons. The molecule has 0 aliphatic carbocycles. The van der Waals surface area contributed by atoms with Crippen LogP contribution in [0.5, 0.6) is 0 Å². The summed E-state index contributed by atoms with van der Waals surface area (Å²) >= 11 is 0. The molecule has 1 aromatic heterocycles. The Morgan fingerprint density at radius 2 is 1.96 bits per heavy atom. The predicted octanol–water partition coefficient (Wildman–Crippen LogP) is 2.63. The molecule has 5 nitrogen and oxygen atoms in total. The standard InChI is InChI=1S/C18H24N2O3/c1-5-23-18(21)17-12(2)19(3)16-9-14-11-20(6-7-22-4)10-13(14)8-15(16)17/h8-9H,5-7,10-11H2,1-4H3. The Kier molecular flexibility index (Phi) is 4.41. The number of methoxy groups -OCH3 is 1. The van der Waals surface area contributed by atoms with Gasteiger partial charge in [0, 0.05) is 50.4 Å². The van der Waals surface area contributed by atoms with Crippen molar-refractivity contribution in [1.29, 1.82) is 0 Å². The zero-order chi connectivity index (χ0) is 16.6. The summed E-state index contributed by atoms with van der Waals surface area (Å²) in [5, 5.41) is 0.996. The molecular weight excluding hydrogens is 292 g/mol. The minimum atomic E-state index is -0.232. The molecule has 0 fully saturated rings. The summed E-state index contributed by atoms with van der Waals surface area (Å²) in [6.45, 7) is 7.71. The van der Waals surface area contributed by atoms with Gasteiger partial charge < -0.3 is 14.0 Å². The van der Waals surface area contributed by atoms with Crippen molar-refractivity contribution in [2.24, 2.45) is 7.05 Å². The predicted molar refractivity (Wildman–Crippen MR) is 89.6 cm³/mol. The second kappa shape index (κ2) is 6.34. The quantitative estimate of drug-likeness (QED) is 0.796. The summed E-state index contributed by atoms with van der Waals surface area (Å²) in [5.74, 6) is -0.232. The van der Waals surface area contributed by atoms with Crippen LogP contribution in [-0.4, -0.2) is 42.3 Å². The van der Waals surface area contributed by atoms with Crippen LogP contribution in [0.2, 0.25) is 0 Å². The van der Waals surface area contributed by atoms with Crippen LogP contribution in [0.15, 0.2) is 12.1 Å². The first-order valence-corrected chi connectivity index (χ1v) is 8.06. The number of esters is 1. The highest BCUT2D eigenvalue weighted by Gasteiger charge is 2.24. The van der Waals surface area contributed by atoms with E-state index in [0.717, 1.165) is 42.8 Å². The minimum absolute atomic E-state index is 0.232. The van der Waals surface area contributed by atoms with Crippen LogP contribution in [0.25, 0.3) is 10.9 Å². The summed E-state index contributed by atoms with van der Waals surface area (Å²) in [5.41, 5.74) is 5.38. The van der Waals surface area contributed by atoms with E-state index in [1.54, 1.807) is 7.11 Å². The number of hydrogen-bond donors (Lipinski definition) is 0. The highest BCUT2D eigenvalue weighted by Crippen LogP contribution is 2.32. The summed E-state index contributed by atoms with van der Waals surface area (Å²) < 4.78 is 12.5. The fourth-order valence-corrected chi connectivity index (χ4v) is 3.37. The number of carbonyl (C=O) groups is 1. The molecule has 1 aliphatic heterocycles. The maximum atomic E-state index is 12.3. The molecule has 1 aliphatic rings. The molecule has 0 amide bonds. The number of aromatic nitrogens is 1. The third-order valence-electron chi connectivity index (χ3n) is 4.69. The lowest BCUT2D eigenvalue weighted by Crippen LogP contribution is -2.21. The Morgan fingerprint density at radius 1 is 1.26 bits per heavy atom. The first kappa shape index (κ1) is 16.0. The molecule has 3 rings (SSSR count). The number of fused-ring (bicyclic) bond motifs is 2. The number of ether oxygens (including phenoxy) is 2. The van der Waals surface area contributed by atoms with Gasteiger partial charge in [-0.2, -0.15) is 0 Å². The molecule has 0 spiro atoms. The van der Waals surface area contributed by atoms with Gasteiger partial charge in [-0.05, 0) is 37.1 Å². The van der Waals surface area contributed by atoms with E-state index in [4.69, 9.17) is 9.47 Å². The molecule has 124 valence electrons. The van der Waals surface area contributed by atoms with E-state index in [1.165, 1.54) is 11.1 Å². The van der Waals surface area contributed by atoms with Crippen LogP contribution >= 0.6 is 0 Å². The van der Waals surface area contributed by atoms with E-state index in [9.17, 15) is 4.79 Å². The smallest absolute Gasteiger partial charge is 0.340 e. The first-order chi connectivity index (χ1) is 11.1. The van der Waals surface area contributed by atoms with Crippen LogP contribution in [0, 0.1) is 6.92 Å². The van der Waals surface area contributed by atoms with Gasteiger partial charge in [0.15, 0.2) is 0 Å². The van der Waals surface area contributed by atoms with Gasteiger partial charge in [0.25, 0.3) is 0 Å². The van der Waals surface area contributed by atoms with Gasteiger partial charge in [-0.1, -0.05) is 0 Å². The number of aryl methyl sites for hydroxylation is 1. The van der Waals surface area contributed by atoms with Crippen molar-refractivity contribution in [1.82, 2.24) is 9.47 Å². The maximum absolute atomic E-state index is 12.3. The molecule has 23 heavy (non-hydrogen) atoms. The average Bonchev–Trinajstić information content (AvgIpc) is 3.03. The molecule has 5 heteroatoms. The van der Waals surface area contributed by atoms with E-state index in [0.29, 0.717) is 12.2 Å². The molecule has 0 N–H and O–H groups in total. The van der Waals surface area contributed by atoms with Gasteiger partial charge in [0.2, 0.25) is 0 Å². The number of nitrogens with zero attached hydrogens (tertiary/aromatic N) is 2. The third-order valence-corrected chi connectivity index (χ3v) is 4.69. The number of hydrogen-bond acceptors (Lipinski definition) is 4. The topological polar surface area (TPSA) is 43.7 Å². The average molecular weight is 316 g/mol. The zero-order valence-electron chi connectivity index (χ0n) is 14.3. The van der Waals surface area contributed by atoms with Gasteiger partial charge in [0.05, 0.1) is 18.8 Å². The van der Waals surface area contributed by atoms with Crippen molar-refractivity contribution < 1.29 is 14.3 Å². The van der Waals surface area contributed by atoms with Gasteiger partial charge in [0.1, 0.15) is 0 Å². The van der Waals surface area contributed by atoms with Gasteiger partial charge >= 0.3 is 5.97 Å². The Bertz CT molecular complexity index is 749. The maximum Gasteiger partial charge on any atom is 0.340 e. The fourth-order valence-electron chi connectivity index (χ4n) is 3.37. The molecule has 0 atom stereocenters. The van der Waals surface area contributed by atoms with Crippen molar-refractivity contribution >= 4 is 16.9 Å². The van der Waals surface area contributed by atoms with Crippen LogP contribution < -0.4 is 0 Å². The van der Waals surface area contributed by atoms with Gasteiger partial charge in [-0.25, -0.2) is 4.79 Å². The van der Waals surface area contributed by atoms with E-state index < -0.39 is 0 Å². The van der Waals surface area contributed by atoms with Crippen molar-refractivity contribution in [2.75, 3.05) is 26.9 Å². The second-order valence-corrected chi connectivity index (χ2v) is 6.08. The van der Waals surface area contributed by atoms with Crippen molar-refractivity contribution in [3.8, 4) is 0 Å². The van der Waals surface area contributed by atoms with Crippen molar-refractivity contribution in [3.63, 3.8) is 0 Å². The highest BCUT2D eigenvalue weighted by atomic mass is 16.5. The number of carbonyl (C=O) groups excluding carboxylic acids is 1. The second-order valence-electron chi connectivity index (χ2n) is 6.08. The molecule has 0 unspecified atom stereocenters. The molecular formula is C18H24N2O3. The molecule has 0 saturated heterocycles. The summed E-state index contributed by atoms with van der Waals surface area (Å²) in [7, 11) is 3.73. The van der Waals surface area contributed by atoms with Crippen LogP contribution in [0.3, 0.4) is 0 Å². The zero-order valence-corrected chi connectivity index (χ0v) is 14.3. The van der Waals surface area contributed by atoms with E-state index in [1.807, 2.05) is 20.9 Å². The first-order valence-electron chi connectivity index (χ1n) is 8.06. The molecule has 0 saturated carbocycles. The lowest BCUT2D eigenvalue weighted by atomic mass is 10.0. The Balaban J connectivity index is 2.02. The minimum Gasteiger partial charge on any atom is -0.462 e. The monoisotopic (exact) mass is 316 g/mol. The molecule has 0 bridgehead atoms. The summed E-state index contributed by atoms with van der Waals surface area (Å²) in [6, 6.07) is 4.38. The Labute approximate surface area is 136 Å².